The maximum atomic E-state index is 8.83. The van der Waals surface area contributed by atoms with E-state index < -0.39 is 0 Å². The van der Waals surface area contributed by atoms with Crippen LogP contribution in [0.2, 0.25) is 0 Å². The fourth-order valence-electron chi connectivity index (χ4n) is 2.42. The third-order valence-corrected chi connectivity index (χ3v) is 3.67. The Morgan fingerprint density at radius 2 is 1.77 bits per heavy atom. The van der Waals surface area contributed by atoms with Crippen LogP contribution in [-0.4, -0.2) is 13.2 Å². The second-order valence-electron chi connectivity index (χ2n) is 5.31. The Morgan fingerprint density at radius 3 is 2.50 bits per heavy atom. The van der Waals surface area contributed by atoms with Crippen molar-refractivity contribution in [1.82, 2.24) is 0 Å². The van der Waals surface area contributed by atoms with Crippen LogP contribution in [0.15, 0.2) is 42.5 Å². The molecule has 2 aromatic carbocycles. The van der Waals surface area contributed by atoms with Gasteiger partial charge in [-0.25, -0.2) is 0 Å². The average molecular weight is 294 g/mol. The van der Waals surface area contributed by atoms with Crippen molar-refractivity contribution in [3.8, 4) is 17.6 Å². The van der Waals surface area contributed by atoms with E-state index in [0.29, 0.717) is 18.8 Å². The van der Waals surface area contributed by atoms with Gasteiger partial charge in [0.05, 0.1) is 24.8 Å². The normalized spacial score (nSPS) is 14.5. The Labute approximate surface area is 130 Å². The van der Waals surface area contributed by atoms with E-state index in [1.165, 1.54) is 0 Å². The monoisotopic (exact) mass is 294 g/mol. The average Bonchev–Trinajstić information content (AvgIpc) is 2.80. The summed E-state index contributed by atoms with van der Waals surface area (Å²) in [7, 11) is 0. The third-order valence-electron chi connectivity index (χ3n) is 3.67. The van der Waals surface area contributed by atoms with Crippen molar-refractivity contribution < 1.29 is 9.47 Å². The lowest BCUT2D eigenvalue weighted by Crippen LogP contribution is -2.07. The molecular formula is C18H18N2O2. The molecule has 3 rings (SSSR count). The van der Waals surface area contributed by atoms with Crippen LogP contribution in [0.25, 0.3) is 0 Å². The minimum Gasteiger partial charge on any atom is -0.490 e. The molecule has 0 amide bonds. The summed E-state index contributed by atoms with van der Waals surface area (Å²) < 4.78 is 11.4. The SMILES string of the molecule is CC(Nc1ccc(C#N)cc1)c1ccc2c(c1)OCCCO2. The summed E-state index contributed by atoms with van der Waals surface area (Å²) in [6.07, 6.45) is 0.906. The predicted octanol–water partition coefficient (Wildman–Crippen LogP) is 3.89. The highest BCUT2D eigenvalue weighted by atomic mass is 16.5. The minimum atomic E-state index is 0.130. The fraction of sp³-hybridized carbons (Fsp3) is 0.278. The second kappa shape index (κ2) is 6.40. The molecule has 0 saturated heterocycles. The predicted molar refractivity (Wildman–Crippen MR) is 85.2 cm³/mol. The first-order valence-electron chi connectivity index (χ1n) is 7.42. The maximum Gasteiger partial charge on any atom is 0.161 e. The number of nitrogens with one attached hydrogen (secondary N) is 1. The van der Waals surface area contributed by atoms with Crippen LogP contribution in [0.5, 0.6) is 11.5 Å². The Hall–Kier alpha value is -2.67. The van der Waals surface area contributed by atoms with Crippen molar-refractivity contribution in [3.63, 3.8) is 0 Å². The van der Waals surface area contributed by atoms with Gasteiger partial charge < -0.3 is 14.8 Å². The van der Waals surface area contributed by atoms with E-state index in [2.05, 4.69) is 24.4 Å². The van der Waals surface area contributed by atoms with E-state index in [0.717, 1.165) is 29.2 Å². The van der Waals surface area contributed by atoms with Crippen LogP contribution in [0.4, 0.5) is 5.69 Å². The molecule has 1 heterocycles. The number of nitriles is 1. The lowest BCUT2D eigenvalue weighted by Gasteiger charge is -2.17. The smallest absolute Gasteiger partial charge is 0.161 e. The number of nitrogens with zero attached hydrogens (tertiary/aromatic N) is 1. The summed E-state index contributed by atoms with van der Waals surface area (Å²) in [4.78, 5) is 0. The van der Waals surface area contributed by atoms with Crippen molar-refractivity contribution in [2.75, 3.05) is 18.5 Å². The van der Waals surface area contributed by atoms with Gasteiger partial charge in [0.15, 0.2) is 11.5 Å². The van der Waals surface area contributed by atoms with Gasteiger partial charge in [-0.3, -0.25) is 0 Å². The molecule has 1 aliphatic rings. The van der Waals surface area contributed by atoms with Crippen LogP contribution < -0.4 is 14.8 Å². The Kier molecular flexibility index (Phi) is 4.15. The number of benzene rings is 2. The van der Waals surface area contributed by atoms with Crippen LogP contribution in [0.1, 0.15) is 30.5 Å². The Balaban J connectivity index is 1.75. The summed E-state index contributed by atoms with van der Waals surface area (Å²) >= 11 is 0. The van der Waals surface area contributed by atoms with Gasteiger partial charge in [0, 0.05) is 18.2 Å². The summed E-state index contributed by atoms with van der Waals surface area (Å²) in [5.74, 6) is 1.62. The maximum absolute atomic E-state index is 8.83. The molecule has 2 aromatic rings. The van der Waals surface area contributed by atoms with E-state index in [4.69, 9.17) is 14.7 Å². The van der Waals surface area contributed by atoms with Gasteiger partial charge in [0.1, 0.15) is 0 Å². The van der Waals surface area contributed by atoms with Gasteiger partial charge >= 0.3 is 0 Å². The summed E-state index contributed by atoms with van der Waals surface area (Å²) in [5.41, 5.74) is 2.78. The zero-order chi connectivity index (χ0) is 15.4. The molecule has 1 unspecified atom stereocenters. The van der Waals surface area contributed by atoms with Crippen molar-refractivity contribution in [2.45, 2.75) is 19.4 Å². The van der Waals surface area contributed by atoms with E-state index in [-0.39, 0.29) is 6.04 Å². The molecule has 4 nitrogen and oxygen atoms in total. The Bertz CT molecular complexity index is 689. The largest absolute Gasteiger partial charge is 0.490 e. The van der Waals surface area contributed by atoms with Gasteiger partial charge in [0.2, 0.25) is 0 Å². The molecule has 0 fully saturated rings. The summed E-state index contributed by atoms with van der Waals surface area (Å²) in [5, 5.41) is 12.3. The standard InChI is InChI=1S/C18H18N2O2/c1-13(20-16-6-3-14(12-19)4-7-16)15-5-8-17-18(11-15)22-10-2-9-21-17/h3-8,11,13,20H,2,9-10H2,1H3. The highest BCUT2D eigenvalue weighted by Crippen LogP contribution is 2.33. The van der Waals surface area contributed by atoms with E-state index >= 15 is 0 Å². The Morgan fingerprint density at radius 1 is 1.05 bits per heavy atom. The molecule has 112 valence electrons. The van der Waals surface area contributed by atoms with Gasteiger partial charge in [-0.15, -0.1) is 0 Å². The fourth-order valence-corrected chi connectivity index (χ4v) is 2.42. The number of ether oxygens (including phenoxy) is 2. The molecule has 0 aromatic heterocycles. The lowest BCUT2D eigenvalue weighted by atomic mass is 10.1. The highest BCUT2D eigenvalue weighted by Gasteiger charge is 2.13. The molecule has 22 heavy (non-hydrogen) atoms. The van der Waals surface area contributed by atoms with Crippen molar-refractivity contribution in [3.05, 3.63) is 53.6 Å². The van der Waals surface area contributed by atoms with Gasteiger partial charge in [-0.2, -0.15) is 5.26 Å². The molecule has 0 spiro atoms. The third kappa shape index (κ3) is 3.15. The number of rotatable bonds is 3. The molecule has 0 radical (unpaired) electrons. The number of hydrogen-bond acceptors (Lipinski definition) is 4. The van der Waals surface area contributed by atoms with Crippen molar-refractivity contribution in [2.24, 2.45) is 0 Å². The van der Waals surface area contributed by atoms with Gasteiger partial charge in [0.25, 0.3) is 0 Å². The summed E-state index contributed by atoms with van der Waals surface area (Å²) in [6.45, 7) is 3.48. The van der Waals surface area contributed by atoms with Crippen LogP contribution in [0.3, 0.4) is 0 Å². The quantitative estimate of drug-likeness (QED) is 0.933. The molecule has 0 bridgehead atoms. The zero-order valence-electron chi connectivity index (χ0n) is 12.5. The number of fused-ring (bicyclic) bond motifs is 1. The topological polar surface area (TPSA) is 54.3 Å². The first-order chi connectivity index (χ1) is 10.8. The van der Waals surface area contributed by atoms with Crippen molar-refractivity contribution in [1.29, 1.82) is 5.26 Å². The highest BCUT2D eigenvalue weighted by molar-refractivity contribution is 5.50. The molecular weight excluding hydrogens is 276 g/mol. The number of hydrogen-bond donors (Lipinski definition) is 1. The minimum absolute atomic E-state index is 0.130. The first-order valence-corrected chi connectivity index (χ1v) is 7.42. The van der Waals surface area contributed by atoms with E-state index in [1.54, 1.807) is 0 Å². The molecule has 0 saturated carbocycles. The van der Waals surface area contributed by atoms with E-state index in [9.17, 15) is 0 Å². The second-order valence-corrected chi connectivity index (χ2v) is 5.31. The van der Waals surface area contributed by atoms with E-state index in [1.807, 2.05) is 36.4 Å². The molecule has 1 N–H and O–H groups in total. The first kappa shape index (κ1) is 14.3. The molecule has 1 aliphatic heterocycles. The van der Waals surface area contributed by atoms with Crippen LogP contribution in [0, 0.1) is 11.3 Å². The van der Waals surface area contributed by atoms with Gasteiger partial charge in [-0.1, -0.05) is 6.07 Å². The number of anilines is 1. The summed E-state index contributed by atoms with van der Waals surface area (Å²) in [6, 6.07) is 15.7. The van der Waals surface area contributed by atoms with Crippen LogP contribution >= 0.6 is 0 Å². The van der Waals surface area contributed by atoms with Crippen LogP contribution in [-0.2, 0) is 0 Å². The van der Waals surface area contributed by atoms with Gasteiger partial charge in [-0.05, 0) is 48.9 Å². The molecule has 0 aliphatic carbocycles. The molecule has 4 heteroatoms. The lowest BCUT2D eigenvalue weighted by molar-refractivity contribution is 0.297. The zero-order valence-corrected chi connectivity index (χ0v) is 12.5. The van der Waals surface area contributed by atoms with Crippen molar-refractivity contribution >= 4 is 5.69 Å². The molecule has 1 atom stereocenters.